The Bertz CT molecular complexity index is 350. The average molecular weight is 254 g/mol. The molecule has 2 aliphatic rings. The van der Waals surface area contributed by atoms with Gasteiger partial charge in [0, 0.05) is 12.6 Å². The van der Waals surface area contributed by atoms with Crippen LogP contribution < -0.4 is 10.6 Å². The van der Waals surface area contributed by atoms with Gasteiger partial charge in [-0.3, -0.25) is 4.79 Å². The fourth-order valence-corrected chi connectivity index (χ4v) is 2.38. The molecule has 0 spiro atoms. The van der Waals surface area contributed by atoms with E-state index in [1.54, 1.807) is 0 Å². The smallest absolute Gasteiger partial charge is 0.315 e. The third-order valence-electron chi connectivity index (χ3n) is 4.13. The Balaban J connectivity index is 1.70. The lowest BCUT2D eigenvalue weighted by atomic mass is 10.1. The van der Waals surface area contributed by atoms with E-state index in [1.807, 2.05) is 0 Å². The molecule has 5 nitrogen and oxygen atoms in total. The molecule has 0 heterocycles. The number of hydrogen-bond acceptors (Lipinski definition) is 2. The van der Waals surface area contributed by atoms with Gasteiger partial charge in [-0.2, -0.15) is 0 Å². The van der Waals surface area contributed by atoms with Crippen molar-refractivity contribution in [3.63, 3.8) is 0 Å². The summed E-state index contributed by atoms with van der Waals surface area (Å²) in [4.78, 5) is 22.4. The molecule has 2 rings (SSSR count). The van der Waals surface area contributed by atoms with Gasteiger partial charge in [-0.25, -0.2) is 4.79 Å². The molecule has 0 aliphatic heterocycles. The maximum absolute atomic E-state index is 11.7. The van der Waals surface area contributed by atoms with E-state index in [1.165, 1.54) is 0 Å². The Morgan fingerprint density at radius 3 is 2.44 bits per heavy atom. The molecule has 0 aromatic carbocycles. The minimum atomic E-state index is -0.851. The Morgan fingerprint density at radius 2 is 2.00 bits per heavy atom. The lowest BCUT2D eigenvalue weighted by Crippen LogP contribution is -2.44. The van der Waals surface area contributed by atoms with Crippen molar-refractivity contribution < 1.29 is 14.7 Å². The van der Waals surface area contributed by atoms with Crippen LogP contribution in [0.15, 0.2) is 0 Å². The number of carboxylic acid groups (broad SMARTS) is 1. The fraction of sp³-hybridized carbons (Fsp3) is 0.846. The predicted molar refractivity (Wildman–Crippen MR) is 67.2 cm³/mol. The molecule has 0 radical (unpaired) electrons. The number of aliphatic carboxylic acids is 1. The molecule has 18 heavy (non-hydrogen) atoms. The first-order valence-electron chi connectivity index (χ1n) is 6.64. The minimum absolute atomic E-state index is 0.0208. The van der Waals surface area contributed by atoms with Crippen molar-refractivity contribution >= 4 is 12.0 Å². The Labute approximate surface area is 107 Å². The standard InChI is InChI=1S/C13H22N2O3/c1-13(2)6-9(13)7-14-12(18)15-10(5-11(16)17)8-3-4-8/h8-10H,3-7H2,1-2H3,(H,16,17)(H2,14,15,18). The zero-order chi connectivity index (χ0) is 13.3. The summed E-state index contributed by atoms with van der Waals surface area (Å²) >= 11 is 0. The van der Waals surface area contributed by atoms with Gasteiger partial charge in [-0.1, -0.05) is 13.8 Å². The molecule has 2 amide bonds. The second kappa shape index (κ2) is 4.78. The second-order valence-corrected chi connectivity index (χ2v) is 6.29. The van der Waals surface area contributed by atoms with Gasteiger partial charge in [-0.15, -0.1) is 0 Å². The van der Waals surface area contributed by atoms with E-state index in [0.717, 1.165) is 19.3 Å². The Morgan fingerprint density at radius 1 is 1.39 bits per heavy atom. The first-order chi connectivity index (χ1) is 8.38. The van der Waals surface area contributed by atoms with Gasteiger partial charge in [0.1, 0.15) is 0 Å². The quantitative estimate of drug-likeness (QED) is 0.673. The normalized spacial score (nSPS) is 26.2. The van der Waals surface area contributed by atoms with Gasteiger partial charge in [0.25, 0.3) is 0 Å². The van der Waals surface area contributed by atoms with Gasteiger partial charge < -0.3 is 15.7 Å². The van der Waals surface area contributed by atoms with E-state index >= 15 is 0 Å². The predicted octanol–water partition coefficient (Wildman–Crippen LogP) is 1.58. The largest absolute Gasteiger partial charge is 0.481 e. The second-order valence-electron chi connectivity index (χ2n) is 6.29. The molecule has 5 heteroatoms. The van der Waals surface area contributed by atoms with Crippen LogP contribution >= 0.6 is 0 Å². The number of carbonyl (C=O) groups is 2. The molecule has 3 N–H and O–H groups in total. The maximum Gasteiger partial charge on any atom is 0.315 e. The van der Waals surface area contributed by atoms with E-state index in [2.05, 4.69) is 24.5 Å². The van der Waals surface area contributed by atoms with Crippen LogP contribution in [0.5, 0.6) is 0 Å². The van der Waals surface area contributed by atoms with Crippen molar-refractivity contribution in [1.29, 1.82) is 0 Å². The summed E-state index contributed by atoms with van der Waals surface area (Å²) in [5, 5.41) is 14.4. The van der Waals surface area contributed by atoms with Crippen molar-refractivity contribution in [2.45, 2.75) is 45.6 Å². The van der Waals surface area contributed by atoms with Crippen LogP contribution in [-0.4, -0.2) is 29.7 Å². The van der Waals surface area contributed by atoms with Crippen LogP contribution in [0.1, 0.15) is 39.5 Å². The van der Waals surface area contributed by atoms with Crippen molar-refractivity contribution in [1.82, 2.24) is 10.6 Å². The van der Waals surface area contributed by atoms with Crippen LogP contribution in [-0.2, 0) is 4.79 Å². The van der Waals surface area contributed by atoms with E-state index in [-0.39, 0.29) is 18.5 Å². The van der Waals surface area contributed by atoms with Gasteiger partial charge in [0.2, 0.25) is 0 Å². The topological polar surface area (TPSA) is 78.4 Å². The molecule has 0 aromatic rings. The summed E-state index contributed by atoms with van der Waals surface area (Å²) < 4.78 is 0. The zero-order valence-electron chi connectivity index (χ0n) is 11.0. The van der Waals surface area contributed by atoms with Crippen LogP contribution in [0.4, 0.5) is 4.79 Å². The van der Waals surface area contributed by atoms with E-state index < -0.39 is 5.97 Å². The van der Waals surface area contributed by atoms with Gasteiger partial charge in [0.15, 0.2) is 0 Å². The molecule has 2 fully saturated rings. The molecule has 2 unspecified atom stereocenters. The summed E-state index contributed by atoms with van der Waals surface area (Å²) in [6, 6.07) is -0.439. The molecular formula is C13H22N2O3. The van der Waals surface area contributed by atoms with Crippen LogP contribution in [0, 0.1) is 17.3 Å². The SMILES string of the molecule is CC1(C)CC1CNC(=O)NC(CC(=O)O)C1CC1. The molecule has 0 aromatic heterocycles. The Hall–Kier alpha value is -1.26. The fourth-order valence-electron chi connectivity index (χ4n) is 2.38. The summed E-state index contributed by atoms with van der Waals surface area (Å²) in [5.41, 5.74) is 0.351. The lowest BCUT2D eigenvalue weighted by Gasteiger charge is -2.17. The number of rotatable bonds is 6. The zero-order valence-corrected chi connectivity index (χ0v) is 11.0. The van der Waals surface area contributed by atoms with Crippen LogP contribution in [0.3, 0.4) is 0 Å². The van der Waals surface area contributed by atoms with E-state index in [0.29, 0.717) is 23.8 Å². The average Bonchev–Trinajstić information content (AvgIpc) is 3.11. The van der Waals surface area contributed by atoms with Crippen LogP contribution in [0.25, 0.3) is 0 Å². The number of hydrogen-bond donors (Lipinski definition) is 3. The number of carboxylic acids is 1. The number of amides is 2. The van der Waals surface area contributed by atoms with Crippen molar-refractivity contribution in [3.05, 3.63) is 0 Å². The number of urea groups is 1. The lowest BCUT2D eigenvalue weighted by molar-refractivity contribution is -0.137. The molecule has 2 atom stereocenters. The highest BCUT2D eigenvalue weighted by molar-refractivity contribution is 5.75. The van der Waals surface area contributed by atoms with E-state index in [9.17, 15) is 9.59 Å². The Kier molecular flexibility index (Phi) is 3.50. The van der Waals surface area contributed by atoms with Gasteiger partial charge in [-0.05, 0) is 36.5 Å². The highest BCUT2D eigenvalue weighted by atomic mass is 16.4. The van der Waals surface area contributed by atoms with Crippen molar-refractivity contribution in [3.8, 4) is 0 Å². The monoisotopic (exact) mass is 254 g/mol. The molecular weight excluding hydrogens is 232 g/mol. The highest BCUT2D eigenvalue weighted by Crippen LogP contribution is 2.50. The summed E-state index contributed by atoms with van der Waals surface area (Å²) in [6.07, 6.45) is 3.21. The molecule has 0 saturated heterocycles. The third kappa shape index (κ3) is 3.62. The third-order valence-corrected chi connectivity index (χ3v) is 4.13. The first kappa shape index (κ1) is 13.2. The number of carbonyl (C=O) groups excluding carboxylic acids is 1. The molecule has 2 aliphatic carbocycles. The van der Waals surface area contributed by atoms with Gasteiger partial charge >= 0.3 is 12.0 Å². The molecule has 102 valence electrons. The summed E-state index contributed by atoms with van der Waals surface area (Å²) in [6.45, 7) is 5.06. The summed E-state index contributed by atoms with van der Waals surface area (Å²) in [5.74, 6) is 0.0573. The number of nitrogens with one attached hydrogen (secondary N) is 2. The minimum Gasteiger partial charge on any atom is -0.481 e. The molecule has 2 saturated carbocycles. The van der Waals surface area contributed by atoms with Crippen molar-refractivity contribution in [2.24, 2.45) is 17.3 Å². The van der Waals surface area contributed by atoms with E-state index in [4.69, 9.17) is 5.11 Å². The van der Waals surface area contributed by atoms with Crippen LogP contribution in [0.2, 0.25) is 0 Å². The maximum atomic E-state index is 11.7. The first-order valence-corrected chi connectivity index (χ1v) is 6.64. The molecule has 0 bridgehead atoms. The van der Waals surface area contributed by atoms with Gasteiger partial charge in [0.05, 0.1) is 6.42 Å². The highest BCUT2D eigenvalue weighted by Gasteiger charge is 2.45. The van der Waals surface area contributed by atoms with Crippen molar-refractivity contribution in [2.75, 3.05) is 6.54 Å². The summed E-state index contributed by atoms with van der Waals surface area (Å²) in [7, 11) is 0.